The molecule has 6 heteroatoms. The number of nitrogens with zero attached hydrogens (tertiary/aromatic N) is 2. The number of H-pyrrole nitrogens is 1. The maximum atomic E-state index is 6.39. The lowest BCUT2D eigenvalue weighted by atomic mass is 9.98. The van der Waals surface area contributed by atoms with E-state index < -0.39 is 0 Å². The molecule has 0 saturated heterocycles. The molecule has 114 valence electrons. The second kappa shape index (κ2) is 5.14. The Kier molecular flexibility index (Phi) is 3.09. The molecule has 0 unspecified atom stereocenters. The van der Waals surface area contributed by atoms with Crippen LogP contribution in [-0.2, 0) is 0 Å². The summed E-state index contributed by atoms with van der Waals surface area (Å²) in [7, 11) is 0. The van der Waals surface area contributed by atoms with Gasteiger partial charge in [0.05, 0.1) is 34.5 Å². The van der Waals surface area contributed by atoms with Gasteiger partial charge in [0, 0.05) is 27.7 Å². The number of nitrogen functional groups attached to an aromatic ring is 1. The highest BCUT2D eigenvalue weighted by molar-refractivity contribution is 6.36. The van der Waals surface area contributed by atoms with E-state index in [9.17, 15) is 0 Å². The minimum absolute atomic E-state index is 0.623. The molecule has 0 aliphatic carbocycles. The van der Waals surface area contributed by atoms with Gasteiger partial charge in [-0.3, -0.25) is 10.1 Å². The minimum Gasteiger partial charge on any atom is -0.397 e. The van der Waals surface area contributed by atoms with Crippen LogP contribution in [0.3, 0.4) is 0 Å². The summed E-state index contributed by atoms with van der Waals surface area (Å²) < 4.78 is 0. The van der Waals surface area contributed by atoms with Gasteiger partial charge in [-0.2, -0.15) is 5.10 Å². The van der Waals surface area contributed by atoms with Gasteiger partial charge in [0.25, 0.3) is 0 Å². The molecule has 0 spiro atoms. The van der Waals surface area contributed by atoms with Crippen LogP contribution in [0.1, 0.15) is 18.1 Å². The molecule has 4 rings (SSSR count). The number of anilines is 2. The first-order chi connectivity index (χ1) is 11.1. The fourth-order valence-electron chi connectivity index (χ4n) is 2.79. The number of aliphatic imine (C=N–C) groups is 1. The van der Waals surface area contributed by atoms with Crippen molar-refractivity contribution in [1.29, 1.82) is 0 Å². The third kappa shape index (κ3) is 2.17. The van der Waals surface area contributed by atoms with Crippen molar-refractivity contribution in [3.8, 4) is 0 Å². The summed E-state index contributed by atoms with van der Waals surface area (Å²) in [5.74, 6) is 0. The number of allylic oxidation sites excluding steroid dienone is 1. The standard InChI is InChI=1S/C17H14ClN5/c1-9-7-20-15-11(6-14(19)17-12(15)8-21-23-17)16(22-9)10-4-2-3-5-13(10)18/h2-8,20H,19H2,1H3,(H,21,23). The summed E-state index contributed by atoms with van der Waals surface area (Å²) in [6.07, 6.45) is 3.63. The SMILES string of the molecule is CC1=CNc2c(cc(N)c3[nH]ncc23)C(c2ccccc2Cl)=N1. The number of nitrogens with two attached hydrogens (primary N) is 1. The number of halogens is 1. The second-order valence-corrected chi connectivity index (χ2v) is 5.82. The van der Waals surface area contributed by atoms with E-state index in [4.69, 9.17) is 22.3 Å². The third-order valence-electron chi connectivity index (χ3n) is 3.86. The highest BCUT2D eigenvalue weighted by atomic mass is 35.5. The van der Waals surface area contributed by atoms with E-state index in [1.54, 1.807) is 6.20 Å². The van der Waals surface area contributed by atoms with E-state index in [-0.39, 0.29) is 0 Å². The molecular weight excluding hydrogens is 310 g/mol. The molecular formula is C17H14ClN5. The van der Waals surface area contributed by atoms with Crippen molar-refractivity contribution in [2.24, 2.45) is 4.99 Å². The molecule has 1 aromatic heterocycles. The Hall–Kier alpha value is -2.79. The second-order valence-electron chi connectivity index (χ2n) is 5.42. The highest BCUT2D eigenvalue weighted by Crippen LogP contribution is 2.35. The van der Waals surface area contributed by atoms with Crippen LogP contribution < -0.4 is 11.1 Å². The molecule has 0 amide bonds. The van der Waals surface area contributed by atoms with Gasteiger partial charge in [-0.15, -0.1) is 0 Å². The first-order valence-electron chi connectivity index (χ1n) is 7.18. The molecule has 23 heavy (non-hydrogen) atoms. The number of rotatable bonds is 1. The van der Waals surface area contributed by atoms with Crippen molar-refractivity contribution < 1.29 is 0 Å². The van der Waals surface area contributed by atoms with Crippen molar-refractivity contribution in [2.75, 3.05) is 11.1 Å². The normalized spacial score (nSPS) is 13.8. The van der Waals surface area contributed by atoms with Crippen LogP contribution in [0.15, 0.2) is 53.4 Å². The highest BCUT2D eigenvalue weighted by Gasteiger charge is 2.20. The lowest BCUT2D eigenvalue weighted by Gasteiger charge is -2.13. The van der Waals surface area contributed by atoms with E-state index in [1.807, 2.05) is 43.5 Å². The van der Waals surface area contributed by atoms with Crippen molar-refractivity contribution in [3.63, 3.8) is 0 Å². The topological polar surface area (TPSA) is 79.1 Å². The van der Waals surface area contributed by atoms with Gasteiger partial charge in [0.15, 0.2) is 0 Å². The molecule has 1 aliphatic rings. The molecule has 0 atom stereocenters. The van der Waals surface area contributed by atoms with Crippen molar-refractivity contribution >= 4 is 39.6 Å². The van der Waals surface area contributed by atoms with Gasteiger partial charge in [0.2, 0.25) is 0 Å². The molecule has 2 aromatic carbocycles. The summed E-state index contributed by atoms with van der Waals surface area (Å²) in [6, 6.07) is 9.56. The Balaban J connectivity index is 2.07. The Morgan fingerprint density at radius 1 is 1.17 bits per heavy atom. The number of aromatic amines is 1. The monoisotopic (exact) mass is 323 g/mol. The smallest absolute Gasteiger partial charge is 0.0900 e. The van der Waals surface area contributed by atoms with E-state index >= 15 is 0 Å². The van der Waals surface area contributed by atoms with E-state index in [1.165, 1.54) is 0 Å². The molecule has 4 N–H and O–H groups in total. The maximum Gasteiger partial charge on any atom is 0.0900 e. The number of aromatic nitrogens is 2. The lowest BCUT2D eigenvalue weighted by molar-refractivity contribution is 1.12. The van der Waals surface area contributed by atoms with Crippen LogP contribution in [0, 0.1) is 0 Å². The fraction of sp³-hybridized carbons (Fsp3) is 0.0588. The first kappa shape index (κ1) is 13.8. The Morgan fingerprint density at radius 3 is 2.83 bits per heavy atom. The summed E-state index contributed by atoms with van der Waals surface area (Å²) in [6.45, 7) is 1.94. The van der Waals surface area contributed by atoms with E-state index in [2.05, 4.69) is 15.5 Å². The van der Waals surface area contributed by atoms with Gasteiger partial charge in [-0.25, -0.2) is 0 Å². The number of hydrogen-bond acceptors (Lipinski definition) is 4. The number of nitrogens with one attached hydrogen (secondary N) is 2. The first-order valence-corrected chi connectivity index (χ1v) is 7.56. The zero-order chi connectivity index (χ0) is 16.0. The zero-order valence-electron chi connectivity index (χ0n) is 12.4. The average Bonchev–Trinajstić information content (AvgIpc) is 2.97. The molecule has 3 aromatic rings. The molecule has 0 bridgehead atoms. The van der Waals surface area contributed by atoms with Gasteiger partial charge < -0.3 is 11.1 Å². The largest absolute Gasteiger partial charge is 0.397 e. The molecule has 0 radical (unpaired) electrons. The van der Waals surface area contributed by atoms with Crippen LogP contribution in [-0.4, -0.2) is 15.9 Å². The quantitative estimate of drug-likeness (QED) is 0.594. The molecule has 1 aliphatic heterocycles. The fourth-order valence-corrected chi connectivity index (χ4v) is 3.01. The van der Waals surface area contributed by atoms with Gasteiger partial charge in [-0.05, 0) is 19.1 Å². The van der Waals surface area contributed by atoms with Crippen molar-refractivity contribution in [1.82, 2.24) is 10.2 Å². The molecule has 0 saturated carbocycles. The summed E-state index contributed by atoms with van der Waals surface area (Å²) >= 11 is 6.39. The number of fused-ring (bicyclic) bond motifs is 3. The predicted octanol–water partition coefficient (Wildman–Crippen LogP) is 3.92. The van der Waals surface area contributed by atoms with Crippen molar-refractivity contribution in [3.05, 3.63) is 64.6 Å². The Labute approximate surface area is 137 Å². The summed E-state index contributed by atoms with van der Waals surface area (Å²) in [4.78, 5) is 4.73. The summed E-state index contributed by atoms with van der Waals surface area (Å²) in [5.41, 5.74) is 11.9. The van der Waals surface area contributed by atoms with Crippen LogP contribution in [0.4, 0.5) is 11.4 Å². The predicted molar refractivity (Wildman–Crippen MR) is 95.0 cm³/mol. The van der Waals surface area contributed by atoms with Crippen LogP contribution in [0.25, 0.3) is 10.9 Å². The third-order valence-corrected chi connectivity index (χ3v) is 4.19. The molecule has 0 fully saturated rings. The zero-order valence-corrected chi connectivity index (χ0v) is 13.1. The minimum atomic E-state index is 0.623. The molecule has 2 heterocycles. The summed E-state index contributed by atoms with van der Waals surface area (Å²) in [5, 5.41) is 11.9. The molecule has 5 nitrogen and oxygen atoms in total. The van der Waals surface area contributed by atoms with Crippen LogP contribution in [0.2, 0.25) is 5.02 Å². The van der Waals surface area contributed by atoms with Crippen molar-refractivity contribution in [2.45, 2.75) is 6.92 Å². The lowest BCUT2D eigenvalue weighted by Crippen LogP contribution is -2.07. The van der Waals surface area contributed by atoms with Crippen LogP contribution in [0.5, 0.6) is 0 Å². The van der Waals surface area contributed by atoms with Crippen LogP contribution >= 0.6 is 11.6 Å². The Morgan fingerprint density at radius 2 is 2.00 bits per heavy atom. The average molecular weight is 324 g/mol. The van der Waals surface area contributed by atoms with Gasteiger partial charge in [0.1, 0.15) is 0 Å². The number of benzene rings is 2. The maximum absolute atomic E-state index is 6.39. The Bertz CT molecular complexity index is 984. The van der Waals surface area contributed by atoms with E-state index in [0.717, 1.165) is 39.1 Å². The van der Waals surface area contributed by atoms with Gasteiger partial charge >= 0.3 is 0 Å². The van der Waals surface area contributed by atoms with Gasteiger partial charge in [-0.1, -0.05) is 29.8 Å². The number of hydrogen-bond donors (Lipinski definition) is 3. The van der Waals surface area contributed by atoms with E-state index in [0.29, 0.717) is 10.7 Å².